The third-order valence-electron chi connectivity index (χ3n) is 2.06. The number of aromatic nitrogens is 1. The molecule has 0 aliphatic carbocycles. The maximum absolute atomic E-state index is 12.5. The van der Waals surface area contributed by atoms with Gasteiger partial charge in [0.05, 0.1) is 12.2 Å². The molecular formula is C11H10F2N2O2. The highest BCUT2D eigenvalue weighted by Gasteiger charge is 2.20. The zero-order chi connectivity index (χ0) is 13.0. The van der Waals surface area contributed by atoms with Crippen LogP contribution in [0.5, 0.6) is 0 Å². The minimum Gasteiger partial charge on any atom is -0.462 e. The summed E-state index contributed by atoms with van der Waals surface area (Å²) in [6.45, 7) is 3.15. The third kappa shape index (κ3) is 2.75. The van der Waals surface area contributed by atoms with Gasteiger partial charge >= 0.3 is 5.97 Å². The minimum absolute atomic E-state index is 0.0868. The first kappa shape index (κ1) is 13.0. The molecule has 1 aromatic rings. The molecule has 1 aromatic heterocycles. The van der Waals surface area contributed by atoms with Crippen molar-refractivity contribution in [3.63, 3.8) is 0 Å². The van der Waals surface area contributed by atoms with Gasteiger partial charge in [-0.15, -0.1) is 0 Å². The number of ether oxygens (including phenoxy) is 1. The number of hydrogen-bond acceptors (Lipinski definition) is 4. The van der Waals surface area contributed by atoms with Crippen molar-refractivity contribution >= 4 is 5.97 Å². The number of halogens is 2. The molecule has 0 aromatic carbocycles. The molecule has 1 heterocycles. The largest absolute Gasteiger partial charge is 0.462 e. The number of hydrogen-bond donors (Lipinski definition) is 0. The maximum atomic E-state index is 12.5. The van der Waals surface area contributed by atoms with Crippen molar-refractivity contribution in [3.8, 4) is 6.07 Å². The Bertz CT molecular complexity index is 481. The van der Waals surface area contributed by atoms with E-state index in [1.165, 1.54) is 13.0 Å². The van der Waals surface area contributed by atoms with E-state index in [9.17, 15) is 13.6 Å². The lowest BCUT2D eigenvalue weighted by molar-refractivity contribution is 0.0524. The summed E-state index contributed by atoms with van der Waals surface area (Å²) < 4.78 is 29.8. The summed E-state index contributed by atoms with van der Waals surface area (Å²) in [5.41, 5.74) is -0.766. The van der Waals surface area contributed by atoms with Crippen LogP contribution >= 0.6 is 0 Å². The molecule has 0 radical (unpaired) electrons. The lowest BCUT2D eigenvalue weighted by atomic mass is 10.1. The molecule has 0 saturated heterocycles. The highest BCUT2D eigenvalue weighted by molar-refractivity contribution is 5.91. The topological polar surface area (TPSA) is 63.0 Å². The smallest absolute Gasteiger partial charge is 0.341 e. The molecule has 17 heavy (non-hydrogen) atoms. The van der Waals surface area contributed by atoms with Crippen molar-refractivity contribution in [3.05, 3.63) is 28.6 Å². The first-order valence-corrected chi connectivity index (χ1v) is 4.88. The molecule has 0 saturated carbocycles. The van der Waals surface area contributed by atoms with E-state index in [1.54, 1.807) is 13.0 Å². The summed E-state index contributed by atoms with van der Waals surface area (Å²) in [7, 11) is 0. The van der Waals surface area contributed by atoms with Crippen LogP contribution in [0.25, 0.3) is 0 Å². The van der Waals surface area contributed by atoms with Gasteiger partial charge in [0.25, 0.3) is 6.43 Å². The predicted octanol–water partition coefficient (Wildman–Crippen LogP) is 2.38. The van der Waals surface area contributed by atoms with Gasteiger partial charge in [0.2, 0.25) is 0 Å². The monoisotopic (exact) mass is 240 g/mol. The maximum Gasteiger partial charge on any atom is 0.341 e. The Kier molecular flexibility index (Phi) is 4.10. The van der Waals surface area contributed by atoms with Crippen LogP contribution in [0.15, 0.2) is 6.07 Å². The van der Waals surface area contributed by atoms with Gasteiger partial charge in [0.1, 0.15) is 11.8 Å². The average molecular weight is 240 g/mol. The van der Waals surface area contributed by atoms with Crippen molar-refractivity contribution in [2.75, 3.05) is 6.61 Å². The van der Waals surface area contributed by atoms with Crippen molar-refractivity contribution in [1.82, 2.24) is 4.98 Å². The number of carbonyl (C=O) groups excluding carboxylic acids is 1. The number of rotatable bonds is 3. The highest BCUT2D eigenvalue weighted by Crippen LogP contribution is 2.22. The van der Waals surface area contributed by atoms with Crippen LogP contribution in [0.1, 0.15) is 40.7 Å². The molecule has 0 amide bonds. The number of nitriles is 1. The van der Waals surface area contributed by atoms with Crippen LogP contribution in [0, 0.1) is 18.3 Å². The second kappa shape index (κ2) is 5.34. The van der Waals surface area contributed by atoms with E-state index in [2.05, 4.69) is 4.98 Å². The van der Waals surface area contributed by atoms with Crippen LogP contribution < -0.4 is 0 Å². The Morgan fingerprint density at radius 1 is 1.65 bits per heavy atom. The molecule has 0 fully saturated rings. The molecule has 0 bridgehead atoms. The van der Waals surface area contributed by atoms with Crippen molar-refractivity contribution in [1.29, 1.82) is 5.26 Å². The van der Waals surface area contributed by atoms with E-state index in [0.717, 1.165) is 0 Å². The molecule has 0 aliphatic rings. The van der Waals surface area contributed by atoms with Gasteiger partial charge in [0, 0.05) is 0 Å². The molecule has 0 N–H and O–H groups in total. The number of pyridine rings is 1. The Labute approximate surface area is 96.8 Å². The average Bonchev–Trinajstić information content (AvgIpc) is 2.28. The van der Waals surface area contributed by atoms with E-state index in [-0.39, 0.29) is 23.4 Å². The second-order valence-corrected chi connectivity index (χ2v) is 3.22. The molecule has 90 valence electrons. The van der Waals surface area contributed by atoms with Crippen LogP contribution in [-0.4, -0.2) is 17.6 Å². The fourth-order valence-electron chi connectivity index (χ4n) is 1.30. The lowest BCUT2D eigenvalue weighted by Gasteiger charge is -2.08. The Morgan fingerprint density at radius 3 is 2.76 bits per heavy atom. The fraction of sp³-hybridized carbons (Fsp3) is 0.364. The third-order valence-corrected chi connectivity index (χ3v) is 2.06. The van der Waals surface area contributed by atoms with E-state index in [1.807, 2.05) is 0 Å². The van der Waals surface area contributed by atoms with Crippen LogP contribution in [0.2, 0.25) is 0 Å². The number of aryl methyl sites for hydroxylation is 1. The van der Waals surface area contributed by atoms with Gasteiger partial charge in [0.15, 0.2) is 5.69 Å². The van der Waals surface area contributed by atoms with Gasteiger partial charge in [-0.3, -0.25) is 0 Å². The number of carbonyl (C=O) groups is 1. The molecule has 6 heteroatoms. The van der Waals surface area contributed by atoms with Crippen LogP contribution in [-0.2, 0) is 4.74 Å². The standard InChI is InChI=1S/C11H10F2N2O2/c1-3-17-11(16)7-4-6(2)9(10(12)13)15-8(7)5-14/h4,10H,3H2,1-2H3. The van der Waals surface area contributed by atoms with E-state index in [4.69, 9.17) is 10.00 Å². The van der Waals surface area contributed by atoms with Crippen LogP contribution in [0.3, 0.4) is 0 Å². The van der Waals surface area contributed by atoms with E-state index >= 15 is 0 Å². The molecule has 1 rings (SSSR count). The van der Waals surface area contributed by atoms with Gasteiger partial charge < -0.3 is 4.74 Å². The summed E-state index contributed by atoms with van der Waals surface area (Å²) in [6.07, 6.45) is -2.78. The predicted molar refractivity (Wildman–Crippen MR) is 54.6 cm³/mol. The summed E-state index contributed by atoms with van der Waals surface area (Å²) in [5.74, 6) is -0.736. The molecule has 0 aliphatic heterocycles. The summed E-state index contributed by atoms with van der Waals surface area (Å²) >= 11 is 0. The zero-order valence-corrected chi connectivity index (χ0v) is 9.33. The van der Waals surface area contributed by atoms with E-state index in [0.29, 0.717) is 0 Å². The molecule has 0 unspecified atom stereocenters. The Hall–Kier alpha value is -2.03. The quantitative estimate of drug-likeness (QED) is 0.761. The SMILES string of the molecule is CCOC(=O)c1cc(C)c(C(F)F)nc1C#N. The summed E-state index contributed by atoms with van der Waals surface area (Å²) in [6, 6.07) is 2.81. The molecular weight excluding hydrogens is 230 g/mol. The van der Waals surface area contributed by atoms with Gasteiger partial charge in [-0.2, -0.15) is 5.26 Å². The van der Waals surface area contributed by atoms with Crippen LogP contribution in [0.4, 0.5) is 8.78 Å². The number of alkyl halides is 2. The lowest BCUT2D eigenvalue weighted by Crippen LogP contribution is -2.11. The fourth-order valence-corrected chi connectivity index (χ4v) is 1.30. The first-order chi connectivity index (χ1) is 8.01. The summed E-state index contributed by atoms with van der Waals surface area (Å²) in [4.78, 5) is 14.9. The molecule has 4 nitrogen and oxygen atoms in total. The highest BCUT2D eigenvalue weighted by atomic mass is 19.3. The van der Waals surface area contributed by atoms with E-state index < -0.39 is 18.1 Å². The first-order valence-electron chi connectivity index (χ1n) is 4.88. The van der Waals surface area contributed by atoms with Gasteiger partial charge in [-0.25, -0.2) is 18.6 Å². The minimum atomic E-state index is -2.78. The molecule has 0 spiro atoms. The van der Waals surface area contributed by atoms with Gasteiger partial charge in [-0.05, 0) is 25.5 Å². The Balaban J connectivity index is 3.30. The Morgan fingerprint density at radius 2 is 2.29 bits per heavy atom. The van der Waals surface area contributed by atoms with Crippen molar-refractivity contribution in [2.45, 2.75) is 20.3 Å². The normalized spacial score (nSPS) is 10.1. The zero-order valence-electron chi connectivity index (χ0n) is 9.33. The van der Waals surface area contributed by atoms with Crippen molar-refractivity contribution < 1.29 is 18.3 Å². The number of nitrogens with zero attached hydrogens (tertiary/aromatic N) is 2. The molecule has 0 atom stereocenters. The van der Waals surface area contributed by atoms with Gasteiger partial charge in [-0.1, -0.05) is 0 Å². The summed E-state index contributed by atoms with van der Waals surface area (Å²) in [5, 5.41) is 8.77. The van der Waals surface area contributed by atoms with Crippen molar-refractivity contribution in [2.24, 2.45) is 0 Å². The second-order valence-electron chi connectivity index (χ2n) is 3.22. The number of esters is 1.